The van der Waals surface area contributed by atoms with Gasteiger partial charge in [-0.3, -0.25) is 9.79 Å². The van der Waals surface area contributed by atoms with Crippen molar-refractivity contribution in [2.24, 2.45) is 10.9 Å². The molecule has 3 aromatic rings. The molecule has 4 N–H and O–H groups in total. The SMILES string of the molecule is COc1cc(N)c(C=N[C@@H]2CC[C@@](C)(O)C[C@H]2C)cc1C(=O)Nc1cnc2cccnn12. The maximum atomic E-state index is 13.1. The van der Waals surface area contributed by atoms with Gasteiger partial charge in [0.25, 0.3) is 5.91 Å². The van der Waals surface area contributed by atoms with Gasteiger partial charge in [-0.05, 0) is 50.3 Å². The van der Waals surface area contributed by atoms with Crippen molar-refractivity contribution in [3.8, 4) is 5.75 Å². The molecule has 1 aliphatic carbocycles. The second-order valence-electron chi connectivity index (χ2n) is 8.64. The Balaban J connectivity index is 1.59. The molecule has 168 valence electrons. The number of methoxy groups -OCH3 is 1. The average Bonchev–Trinajstić information content (AvgIpc) is 3.16. The van der Waals surface area contributed by atoms with Gasteiger partial charge in [0.15, 0.2) is 11.5 Å². The third-order valence-electron chi connectivity index (χ3n) is 5.97. The maximum absolute atomic E-state index is 13.1. The van der Waals surface area contributed by atoms with Crippen LogP contribution in [0.15, 0.2) is 41.7 Å². The van der Waals surface area contributed by atoms with Crippen molar-refractivity contribution in [1.29, 1.82) is 0 Å². The predicted molar refractivity (Wildman–Crippen MR) is 123 cm³/mol. The zero-order chi connectivity index (χ0) is 22.9. The number of imidazole rings is 1. The topological polar surface area (TPSA) is 127 Å². The normalized spacial score (nSPS) is 23.5. The molecule has 2 heterocycles. The molecule has 0 aliphatic heterocycles. The van der Waals surface area contributed by atoms with Crippen LogP contribution in [0, 0.1) is 5.92 Å². The summed E-state index contributed by atoms with van der Waals surface area (Å²) in [4.78, 5) is 22.0. The lowest BCUT2D eigenvalue weighted by molar-refractivity contribution is -0.00143. The molecular formula is C23H28N6O3. The third kappa shape index (κ3) is 4.43. The number of hydrogen-bond donors (Lipinski definition) is 3. The van der Waals surface area contributed by atoms with Gasteiger partial charge < -0.3 is 20.9 Å². The summed E-state index contributed by atoms with van der Waals surface area (Å²) in [6, 6.07) is 6.97. The van der Waals surface area contributed by atoms with Crippen LogP contribution in [-0.4, -0.2) is 50.6 Å². The molecule has 32 heavy (non-hydrogen) atoms. The Morgan fingerprint density at radius 3 is 3.03 bits per heavy atom. The first kappa shape index (κ1) is 21.8. The monoisotopic (exact) mass is 436 g/mol. The molecule has 0 radical (unpaired) electrons. The second kappa shape index (κ2) is 8.58. The van der Waals surface area contributed by atoms with Crippen LogP contribution in [-0.2, 0) is 0 Å². The molecule has 9 nitrogen and oxygen atoms in total. The molecule has 0 spiro atoms. The van der Waals surface area contributed by atoms with E-state index in [1.165, 1.54) is 7.11 Å². The Kier molecular flexibility index (Phi) is 5.84. The van der Waals surface area contributed by atoms with Gasteiger partial charge in [0.05, 0.1) is 30.5 Å². The Morgan fingerprint density at radius 1 is 1.47 bits per heavy atom. The van der Waals surface area contributed by atoms with Crippen molar-refractivity contribution in [2.75, 3.05) is 18.2 Å². The third-order valence-corrected chi connectivity index (χ3v) is 5.97. The first-order valence-electron chi connectivity index (χ1n) is 10.6. The Morgan fingerprint density at radius 2 is 2.28 bits per heavy atom. The standard InChI is InChI=1S/C23H28N6O3/c1-14-11-23(2,31)7-6-18(14)25-12-15-9-16(19(32-3)10-17(15)24)22(30)28-21-13-26-20-5-4-8-27-29(20)21/h4-5,8-10,12-14,18,31H,6-7,11,24H2,1-3H3,(H,28,30)/t14-,18-,23-/m1/s1. The molecule has 1 aromatic carbocycles. The lowest BCUT2D eigenvalue weighted by atomic mass is 9.77. The number of benzene rings is 1. The number of nitrogens with zero attached hydrogens (tertiary/aromatic N) is 4. The number of hydrogen-bond acceptors (Lipinski definition) is 7. The molecule has 9 heteroatoms. The summed E-state index contributed by atoms with van der Waals surface area (Å²) in [5, 5.41) is 17.3. The molecule has 1 fully saturated rings. The largest absolute Gasteiger partial charge is 0.496 e. The molecule has 2 aromatic heterocycles. The number of rotatable bonds is 5. The molecule has 4 rings (SSSR count). The van der Waals surface area contributed by atoms with E-state index in [1.54, 1.807) is 47.4 Å². The number of fused-ring (bicyclic) bond motifs is 1. The molecular weight excluding hydrogens is 408 g/mol. The predicted octanol–water partition coefficient (Wildman–Crippen LogP) is 2.93. The summed E-state index contributed by atoms with van der Waals surface area (Å²) in [6.07, 6.45) is 7.09. The van der Waals surface area contributed by atoms with Crippen LogP contribution in [0.25, 0.3) is 5.65 Å². The number of aromatic nitrogens is 3. The van der Waals surface area contributed by atoms with E-state index in [0.717, 1.165) is 6.42 Å². The van der Waals surface area contributed by atoms with Gasteiger partial charge in [0.1, 0.15) is 5.75 Å². The van der Waals surface area contributed by atoms with Crippen LogP contribution >= 0.6 is 0 Å². The second-order valence-corrected chi connectivity index (χ2v) is 8.64. The highest BCUT2D eigenvalue weighted by Crippen LogP contribution is 2.34. The summed E-state index contributed by atoms with van der Waals surface area (Å²) in [5.74, 6) is 0.690. The number of nitrogen functional groups attached to an aromatic ring is 1. The van der Waals surface area contributed by atoms with Crippen LogP contribution in [0.2, 0.25) is 0 Å². The minimum Gasteiger partial charge on any atom is -0.496 e. The van der Waals surface area contributed by atoms with Gasteiger partial charge in [-0.25, -0.2) is 4.98 Å². The zero-order valence-corrected chi connectivity index (χ0v) is 18.4. The van der Waals surface area contributed by atoms with E-state index in [0.29, 0.717) is 46.9 Å². The minimum absolute atomic E-state index is 0.0956. The molecule has 0 saturated heterocycles. The summed E-state index contributed by atoms with van der Waals surface area (Å²) in [6.45, 7) is 3.96. The maximum Gasteiger partial charge on any atom is 0.260 e. The van der Waals surface area contributed by atoms with Crippen molar-refractivity contribution in [1.82, 2.24) is 14.6 Å². The molecule has 1 amide bonds. The summed E-state index contributed by atoms with van der Waals surface area (Å²) in [7, 11) is 1.49. The van der Waals surface area contributed by atoms with Gasteiger partial charge in [-0.15, -0.1) is 0 Å². The smallest absolute Gasteiger partial charge is 0.260 e. The highest BCUT2D eigenvalue weighted by molar-refractivity contribution is 6.07. The highest BCUT2D eigenvalue weighted by Gasteiger charge is 2.33. The van der Waals surface area contributed by atoms with Crippen LogP contribution < -0.4 is 15.8 Å². The number of aliphatic hydroxyl groups is 1. The first-order valence-corrected chi connectivity index (χ1v) is 10.6. The Labute approximate surface area is 186 Å². The van der Waals surface area contributed by atoms with E-state index in [9.17, 15) is 9.90 Å². The van der Waals surface area contributed by atoms with Crippen molar-refractivity contribution < 1.29 is 14.6 Å². The fourth-order valence-electron chi connectivity index (χ4n) is 4.24. The van der Waals surface area contributed by atoms with Gasteiger partial charge in [-0.1, -0.05) is 6.92 Å². The van der Waals surface area contributed by atoms with Gasteiger partial charge in [-0.2, -0.15) is 9.61 Å². The van der Waals surface area contributed by atoms with E-state index in [4.69, 9.17) is 15.5 Å². The Bertz CT molecular complexity index is 1170. The average molecular weight is 437 g/mol. The number of nitrogens with one attached hydrogen (secondary N) is 1. The molecule has 3 atom stereocenters. The lowest BCUT2D eigenvalue weighted by Crippen LogP contribution is -2.37. The van der Waals surface area contributed by atoms with Crippen LogP contribution in [0.4, 0.5) is 11.5 Å². The Hall–Kier alpha value is -3.46. The van der Waals surface area contributed by atoms with Gasteiger partial charge >= 0.3 is 0 Å². The van der Waals surface area contributed by atoms with E-state index >= 15 is 0 Å². The summed E-state index contributed by atoms with van der Waals surface area (Å²) in [5.41, 5.74) is 7.62. The summed E-state index contributed by atoms with van der Waals surface area (Å²) >= 11 is 0. The highest BCUT2D eigenvalue weighted by atomic mass is 16.5. The molecule has 1 saturated carbocycles. The first-order chi connectivity index (χ1) is 15.3. The molecule has 0 bridgehead atoms. The number of carbonyl (C=O) groups excluding carboxylic acids is 1. The number of ether oxygens (including phenoxy) is 1. The molecule has 1 aliphatic rings. The van der Waals surface area contributed by atoms with E-state index in [-0.39, 0.29) is 17.9 Å². The zero-order valence-electron chi connectivity index (χ0n) is 18.4. The van der Waals surface area contributed by atoms with E-state index < -0.39 is 5.60 Å². The number of carbonyl (C=O) groups is 1. The van der Waals surface area contributed by atoms with Crippen LogP contribution in [0.1, 0.15) is 49.0 Å². The fraction of sp³-hybridized carbons (Fsp3) is 0.391. The summed E-state index contributed by atoms with van der Waals surface area (Å²) < 4.78 is 6.94. The van der Waals surface area contributed by atoms with Crippen LogP contribution in [0.5, 0.6) is 5.75 Å². The van der Waals surface area contributed by atoms with Crippen molar-refractivity contribution in [2.45, 2.75) is 44.8 Å². The fourth-order valence-corrected chi connectivity index (χ4v) is 4.24. The number of nitrogens with two attached hydrogens (primary N) is 1. The quantitative estimate of drug-likeness (QED) is 0.417. The van der Waals surface area contributed by atoms with Crippen LogP contribution in [0.3, 0.4) is 0 Å². The van der Waals surface area contributed by atoms with Crippen molar-refractivity contribution in [3.63, 3.8) is 0 Å². The number of aliphatic imine (C=N–C) groups is 1. The minimum atomic E-state index is -0.636. The molecule has 0 unspecified atom stereocenters. The van der Waals surface area contributed by atoms with E-state index in [2.05, 4.69) is 22.3 Å². The number of amides is 1. The van der Waals surface area contributed by atoms with Crippen molar-refractivity contribution in [3.05, 3.63) is 47.8 Å². The number of anilines is 2. The van der Waals surface area contributed by atoms with Crippen molar-refractivity contribution >= 4 is 29.3 Å². The van der Waals surface area contributed by atoms with Gasteiger partial charge in [0.2, 0.25) is 0 Å². The van der Waals surface area contributed by atoms with Gasteiger partial charge in [0, 0.05) is 29.7 Å². The van der Waals surface area contributed by atoms with E-state index in [1.807, 2.05) is 6.92 Å². The lowest BCUT2D eigenvalue weighted by Gasteiger charge is -2.36.